The van der Waals surface area contributed by atoms with Gasteiger partial charge < -0.3 is 9.29 Å². The molecule has 20 heavy (non-hydrogen) atoms. The summed E-state index contributed by atoms with van der Waals surface area (Å²) in [6, 6.07) is 3.30. The minimum Gasteiger partial charge on any atom is -0.748 e. The van der Waals surface area contributed by atoms with Crippen LogP contribution < -0.4 is 9.42 Å². The Bertz CT molecular complexity index is 688. The molecular weight excluding hydrogens is 284 g/mol. The van der Waals surface area contributed by atoms with E-state index in [1.54, 1.807) is 24.5 Å². The average molecular weight is 296 g/mol. The van der Waals surface area contributed by atoms with Gasteiger partial charge in [-0.15, -0.1) is 0 Å². The number of nitrogens with zero attached hydrogens (tertiary/aromatic N) is 4. The molecule has 0 aliphatic carbocycles. The van der Waals surface area contributed by atoms with Gasteiger partial charge in [-0.05, 0) is 5.10 Å². The fourth-order valence-electron chi connectivity index (χ4n) is 1.45. The van der Waals surface area contributed by atoms with Crippen LogP contribution >= 0.6 is 0 Å². The maximum absolute atomic E-state index is 10.5. The SMILES string of the molecule is COc1ccnc(-c2cc[n+](CCS(=O)(=O)[O-])nc2)n1. The molecule has 0 spiro atoms. The van der Waals surface area contributed by atoms with Gasteiger partial charge in [0.15, 0.2) is 18.6 Å². The Labute approximate surface area is 115 Å². The highest BCUT2D eigenvalue weighted by Crippen LogP contribution is 2.14. The van der Waals surface area contributed by atoms with Crippen molar-refractivity contribution < 1.29 is 22.4 Å². The van der Waals surface area contributed by atoms with Crippen LogP contribution in [0.4, 0.5) is 0 Å². The molecule has 0 N–H and O–H groups in total. The maximum atomic E-state index is 10.5. The number of hydrogen-bond donors (Lipinski definition) is 0. The lowest BCUT2D eigenvalue weighted by Gasteiger charge is -2.03. The zero-order valence-electron chi connectivity index (χ0n) is 10.6. The molecule has 2 heterocycles. The van der Waals surface area contributed by atoms with E-state index in [4.69, 9.17) is 4.74 Å². The second-order valence-corrected chi connectivity index (χ2v) is 5.39. The monoisotopic (exact) mass is 296 g/mol. The molecular formula is C11H12N4O4S. The summed E-state index contributed by atoms with van der Waals surface area (Å²) in [6.07, 6.45) is 4.61. The molecule has 0 aliphatic rings. The van der Waals surface area contributed by atoms with Crippen molar-refractivity contribution in [2.45, 2.75) is 6.54 Å². The summed E-state index contributed by atoms with van der Waals surface area (Å²) < 4.78 is 38.0. The molecule has 2 aromatic heterocycles. The van der Waals surface area contributed by atoms with Crippen molar-refractivity contribution in [1.29, 1.82) is 0 Å². The van der Waals surface area contributed by atoms with Crippen molar-refractivity contribution >= 4 is 10.1 Å². The van der Waals surface area contributed by atoms with Crippen molar-refractivity contribution in [1.82, 2.24) is 15.1 Å². The zero-order chi connectivity index (χ0) is 14.6. The van der Waals surface area contributed by atoms with Gasteiger partial charge >= 0.3 is 0 Å². The molecule has 0 unspecified atom stereocenters. The fraction of sp³-hybridized carbons (Fsp3) is 0.273. The molecule has 106 valence electrons. The summed E-state index contributed by atoms with van der Waals surface area (Å²) in [6.45, 7) is 0.00504. The third-order valence-corrected chi connectivity index (χ3v) is 3.12. The van der Waals surface area contributed by atoms with Crippen LogP contribution in [-0.4, -0.2) is 40.9 Å². The summed E-state index contributed by atoms with van der Waals surface area (Å²) in [5.41, 5.74) is 0.658. The van der Waals surface area contributed by atoms with E-state index in [0.29, 0.717) is 17.3 Å². The van der Waals surface area contributed by atoms with Crippen LogP contribution in [0.15, 0.2) is 30.7 Å². The van der Waals surface area contributed by atoms with Crippen LogP contribution in [0.25, 0.3) is 11.4 Å². The number of methoxy groups -OCH3 is 1. The molecule has 0 aromatic carbocycles. The van der Waals surface area contributed by atoms with Gasteiger partial charge in [-0.2, -0.15) is 4.98 Å². The zero-order valence-corrected chi connectivity index (χ0v) is 11.4. The summed E-state index contributed by atoms with van der Waals surface area (Å²) >= 11 is 0. The molecule has 0 radical (unpaired) electrons. The molecule has 2 rings (SSSR count). The van der Waals surface area contributed by atoms with Crippen molar-refractivity contribution in [3.05, 3.63) is 30.7 Å². The Hall–Kier alpha value is -2.13. The molecule has 0 fully saturated rings. The minimum atomic E-state index is -4.25. The standard InChI is InChI=1S/C11H12N4O4S/c1-19-10-2-4-12-11(14-10)9-3-5-15(13-8-9)6-7-20(16,17)18/h2-5,8H,6-7H2,1H3. The lowest BCUT2D eigenvalue weighted by Crippen LogP contribution is -2.40. The molecule has 2 aromatic rings. The second-order valence-electron chi connectivity index (χ2n) is 3.86. The molecule has 0 bridgehead atoms. The summed E-state index contributed by atoms with van der Waals surface area (Å²) in [4.78, 5) is 8.23. The summed E-state index contributed by atoms with van der Waals surface area (Å²) in [5, 5.41) is 4.01. The highest BCUT2D eigenvalue weighted by molar-refractivity contribution is 7.85. The summed E-state index contributed by atoms with van der Waals surface area (Å²) in [7, 11) is -2.74. The lowest BCUT2D eigenvalue weighted by atomic mass is 10.3. The highest BCUT2D eigenvalue weighted by atomic mass is 32.2. The number of aryl methyl sites for hydroxylation is 1. The Morgan fingerprint density at radius 2 is 2.20 bits per heavy atom. The van der Waals surface area contributed by atoms with E-state index >= 15 is 0 Å². The normalized spacial score (nSPS) is 11.3. The van der Waals surface area contributed by atoms with Crippen molar-refractivity contribution in [2.75, 3.05) is 12.9 Å². The molecule has 0 atom stereocenters. The van der Waals surface area contributed by atoms with E-state index in [0.717, 1.165) is 0 Å². The van der Waals surface area contributed by atoms with Crippen molar-refractivity contribution in [3.63, 3.8) is 0 Å². The van der Waals surface area contributed by atoms with Crippen LogP contribution in [-0.2, 0) is 16.7 Å². The molecule has 8 nitrogen and oxygen atoms in total. The Balaban J connectivity index is 2.15. The quantitative estimate of drug-likeness (QED) is 0.534. The van der Waals surface area contributed by atoms with Gasteiger partial charge in [-0.3, -0.25) is 0 Å². The third-order valence-electron chi connectivity index (χ3n) is 2.44. The fourth-order valence-corrected chi connectivity index (χ4v) is 1.86. The predicted octanol–water partition coefficient (Wildman–Crippen LogP) is -0.620. The van der Waals surface area contributed by atoms with E-state index < -0.39 is 15.9 Å². The first-order chi connectivity index (χ1) is 9.48. The third kappa shape index (κ3) is 3.93. The van der Waals surface area contributed by atoms with Gasteiger partial charge in [0.25, 0.3) is 0 Å². The highest BCUT2D eigenvalue weighted by Gasteiger charge is 2.09. The number of ether oxygens (including phenoxy) is 1. The maximum Gasteiger partial charge on any atom is 0.216 e. The van der Waals surface area contributed by atoms with Gasteiger partial charge in [0, 0.05) is 23.9 Å². The van der Waals surface area contributed by atoms with Crippen LogP contribution in [0.3, 0.4) is 0 Å². The van der Waals surface area contributed by atoms with Crippen LogP contribution in [0, 0.1) is 0 Å². The van der Waals surface area contributed by atoms with Crippen molar-refractivity contribution in [3.8, 4) is 17.3 Å². The van der Waals surface area contributed by atoms with E-state index in [-0.39, 0.29) is 6.54 Å². The number of rotatable bonds is 5. The van der Waals surface area contributed by atoms with Gasteiger partial charge in [-0.25, -0.2) is 13.4 Å². The topological polar surface area (TPSA) is 109 Å². The second kappa shape index (κ2) is 5.88. The Kier molecular flexibility index (Phi) is 4.20. The predicted molar refractivity (Wildman–Crippen MR) is 66.6 cm³/mol. The molecule has 9 heteroatoms. The molecule has 0 aliphatic heterocycles. The Morgan fingerprint density at radius 1 is 1.40 bits per heavy atom. The minimum absolute atomic E-state index is 0.00504. The lowest BCUT2D eigenvalue weighted by molar-refractivity contribution is -0.750. The van der Waals surface area contributed by atoms with E-state index in [9.17, 15) is 13.0 Å². The van der Waals surface area contributed by atoms with Gasteiger partial charge in [0.05, 0.1) is 12.9 Å². The molecule has 0 saturated heterocycles. The van der Waals surface area contributed by atoms with Gasteiger partial charge in [0.1, 0.15) is 16.3 Å². The van der Waals surface area contributed by atoms with Crippen LogP contribution in [0.5, 0.6) is 5.88 Å². The molecule has 0 amide bonds. The first-order valence-electron chi connectivity index (χ1n) is 5.65. The average Bonchev–Trinajstić information content (AvgIpc) is 2.45. The van der Waals surface area contributed by atoms with E-state index in [1.807, 2.05) is 0 Å². The van der Waals surface area contributed by atoms with Crippen LogP contribution in [0.1, 0.15) is 0 Å². The smallest absolute Gasteiger partial charge is 0.216 e. The first-order valence-corrected chi connectivity index (χ1v) is 7.22. The number of hydrogen-bond acceptors (Lipinski definition) is 7. The molecule has 0 saturated carbocycles. The van der Waals surface area contributed by atoms with Gasteiger partial charge in [-0.1, -0.05) is 4.68 Å². The van der Waals surface area contributed by atoms with Crippen LogP contribution in [0.2, 0.25) is 0 Å². The van der Waals surface area contributed by atoms with Gasteiger partial charge in [0.2, 0.25) is 5.88 Å². The van der Waals surface area contributed by atoms with Crippen molar-refractivity contribution in [2.24, 2.45) is 0 Å². The number of aromatic nitrogens is 4. The van der Waals surface area contributed by atoms with E-state index in [1.165, 1.54) is 18.0 Å². The largest absolute Gasteiger partial charge is 0.748 e. The Morgan fingerprint density at radius 3 is 2.80 bits per heavy atom. The van der Waals surface area contributed by atoms with E-state index in [2.05, 4.69) is 15.1 Å². The summed E-state index contributed by atoms with van der Waals surface area (Å²) in [5.74, 6) is 0.379. The first kappa shape index (κ1) is 14.3.